The lowest BCUT2D eigenvalue weighted by Crippen LogP contribution is -2.13. The Morgan fingerprint density at radius 1 is 1.53 bits per heavy atom. The molecular weight excluding hydrogens is 268 g/mol. The number of nitrogens with zero attached hydrogens (tertiary/aromatic N) is 4. The van der Waals surface area contributed by atoms with E-state index in [9.17, 15) is 9.59 Å². The Morgan fingerprint density at radius 2 is 2.26 bits per heavy atom. The molecule has 0 radical (unpaired) electrons. The molecule has 0 aliphatic rings. The molecule has 0 fully saturated rings. The van der Waals surface area contributed by atoms with Gasteiger partial charge < -0.3 is 5.11 Å². The fourth-order valence-electron chi connectivity index (χ4n) is 1.45. The third kappa shape index (κ3) is 3.02. The van der Waals surface area contributed by atoms with Crippen molar-refractivity contribution in [2.24, 2.45) is 7.05 Å². The zero-order valence-corrected chi connectivity index (χ0v) is 11.2. The maximum atomic E-state index is 11.3. The second-order valence-corrected chi connectivity index (χ2v) is 4.81. The van der Waals surface area contributed by atoms with E-state index in [1.807, 2.05) is 13.0 Å². The van der Waals surface area contributed by atoms with Gasteiger partial charge in [0, 0.05) is 31.1 Å². The predicted octanol–water partition coefficient (Wildman–Crippen LogP) is 0.451. The average molecular weight is 280 g/mol. The molecule has 0 aliphatic carbocycles. The molecule has 0 saturated heterocycles. The molecule has 0 aromatic carbocycles. The van der Waals surface area contributed by atoms with Gasteiger partial charge in [0.25, 0.3) is 5.56 Å². The first-order valence-corrected chi connectivity index (χ1v) is 6.41. The summed E-state index contributed by atoms with van der Waals surface area (Å²) in [5.74, 6) is -0.533. The zero-order valence-electron chi connectivity index (χ0n) is 10.4. The molecule has 100 valence electrons. The predicted molar refractivity (Wildman–Crippen MR) is 69.7 cm³/mol. The van der Waals surface area contributed by atoms with E-state index in [0.29, 0.717) is 11.0 Å². The number of aliphatic carboxylic acids is 1. The minimum Gasteiger partial charge on any atom is -0.481 e. The van der Waals surface area contributed by atoms with Crippen molar-refractivity contribution in [1.29, 1.82) is 0 Å². The molecule has 1 N–H and O–H groups in total. The summed E-state index contributed by atoms with van der Waals surface area (Å²) in [6.45, 7) is 1.90. The summed E-state index contributed by atoms with van der Waals surface area (Å²) in [7, 11) is 1.80. The molecule has 0 unspecified atom stereocenters. The monoisotopic (exact) mass is 280 g/mol. The van der Waals surface area contributed by atoms with Crippen LogP contribution in [0.5, 0.6) is 0 Å². The maximum absolute atomic E-state index is 11.3. The standard InChI is InChI=1S/C11H12N4O3S/c1-7-5-8(13-14(7)2)15-4-3-9(16)12-11(15)19-6-10(17)18/h3-5H,6H2,1-2H3,(H,17,18). The van der Waals surface area contributed by atoms with Crippen molar-refractivity contribution in [3.63, 3.8) is 0 Å². The highest BCUT2D eigenvalue weighted by Crippen LogP contribution is 2.18. The largest absolute Gasteiger partial charge is 0.481 e. The van der Waals surface area contributed by atoms with E-state index in [1.54, 1.807) is 22.5 Å². The molecule has 0 saturated carbocycles. The molecule has 0 amide bonds. The highest BCUT2D eigenvalue weighted by molar-refractivity contribution is 7.99. The molecule has 0 spiro atoms. The van der Waals surface area contributed by atoms with E-state index in [1.165, 1.54) is 6.07 Å². The number of carboxylic acid groups (broad SMARTS) is 1. The molecule has 0 atom stereocenters. The van der Waals surface area contributed by atoms with Crippen LogP contribution in [0, 0.1) is 6.92 Å². The van der Waals surface area contributed by atoms with Crippen LogP contribution in [0.4, 0.5) is 0 Å². The van der Waals surface area contributed by atoms with Gasteiger partial charge in [-0.05, 0) is 6.92 Å². The number of thioether (sulfide) groups is 1. The van der Waals surface area contributed by atoms with Gasteiger partial charge in [0.05, 0.1) is 5.75 Å². The van der Waals surface area contributed by atoms with Crippen LogP contribution in [-0.2, 0) is 11.8 Å². The van der Waals surface area contributed by atoms with Gasteiger partial charge in [0.1, 0.15) is 0 Å². The molecule has 19 heavy (non-hydrogen) atoms. The first kappa shape index (κ1) is 13.3. The molecule has 2 heterocycles. The number of carboxylic acids is 1. The molecule has 0 aliphatic heterocycles. The van der Waals surface area contributed by atoms with Gasteiger partial charge in [-0.25, -0.2) is 0 Å². The van der Waals surface area contributed by atoms with Crippen LogP contribution < -0.4 is 5.56 Å². The van der Waals surface area contributed by atoms with E-state index >= 15 is 0 Å². The summed E-state index contributed by atoms with van der Waals surface area (Å²) in [5.41, 5.74) is 0.541. The second kappa shape index (κ2) is 5.27. The molecule has 2 aromatic rings. The van der Waals surface area contributed by atoms with Crippen molar-refractivity contribution in [1.82, 2.24) is 19.3 Å². The third-order valence-electron chi connectivity index (χ3n) is 2.45. The van der Waals surface area contributed by atoms with E-state index in [-0.39, 0.29) is 5.75 Å². The Hall–Kier alpha value is -2.09. The smallest absolute Gasteiger partial charge is 0.313 e. The number of carbonyl (C=O) groups is 1. The van der Waals surface area contributed by atoms with Crippen LogP contribution in [0.15, 0.2) is 28.3 Å². The van der Waals surface area contributed by atoms with Crippen molar-refractivity contribution < 1.29 is 9.90 Å². The quantitative estimate of drug-likeness (QED) is 0.646. The van der Waals surface area contributed by atoms with Gasteiger partial charge in [0.15, 0.2) is 11.0 Å². The average Bonchev–Trinajstić information content (AvgIpc) is 2.67. The summed E-state index contributed by atoms with van der Waals surface area (Å²) in [6.07, 6.45) is 1.54. The molecule has 7 nitrogen and oxygen atoms in total. The first-order valence-electron chi connectivity index (χ1n) is 5.42. The summed E-state index contributed by atoms with van der Waals surface area (Å²) < 4.78 is 3.29. The molecule has 2 aromatic heterocycles. The minimum atomic E-state index is -0.966. The van der Waals surface area contributed by atoms with Crippen LogP contribution in [0.1, 0.15) is 5.69 Å². The highest BCUT2D eigenvalue weighted by atomic mass is 32.2. The van der Waals surface area contributed by atoms with E-state index in [0.717, 1.165) is 17.5 Å². The Balaban J connectivity index is 2.44. The number of aromatic nitrogens is 4. The summed E-state index contributed by atoms with van der Waals surface area (Å²) in [5, 5.41) is 13.3. The van der Waals surface area contributed by atoms with Crippen LogP contribution in [0.3, 0.4) is 0 Å². The van der Waals surface area contributed by atoms with Crippen molar-refractivity contribution in [3.05, 3.63) is 34.4 Å². The Labute approximate surface area is 112 Å². The van der Waals surface area contributed by atoms with Gasteiger partial charge in [0.2, 0.25) is 0 Å². The van der Waals surface area contributed by atoms with Gasteiger partial charge in [-0.3, -0.25) is 18.8 Å². The lowest BCUT2D eigenvalue weighted by atomic mass is 10.4. The van der Waals surface area contributed by atoms with Gasteiger partial charge in [-0.15, -0.1) is 0 Å². The number of rotatable bonds is 4. The summed E-state index contributed by atoms with van der Waals surface area (Å²) in [6, 6.07) is 3.14. The normalized spacial score (nSPS) is 10.6. The molecular formula is C11H12N4O3S. The van der Waals surface area contributed by atoms with Crippen molar-refractivity contribution in [2.75, 3.05) is 5.75 Å². The Kier molecular flexibility index (Phi) is 3.70. The third-order valence-corrected chi connectivity index (χ3v) is 3.39. The maximum Gasteiger partial charge on any atom is 0.313 e. The molecule has 0 bridgehead atoms. The van der Waals surface area contributed by atoms with Crippen molar-refractivity contribution >= 4 is 17.7 Å². The van der Waals surface area contributed by atoms with Crippen LogP contribution in [0.2, 0.25) is 0 Å². The minimum absolute atomic E-state index is 0.164. The highest BCUT2D eigenvalue weighted by Gasteiger charge is 2.11. The van der Waals surface area contributed by atoms with Crippen molar-refractivity contribution in [3.8, 4) is 5.82 Å². The van der Waals surface area contributed by atoms with E-state index in [4.69, 9.17) is 5.11 Å². The lowest BCUT2D eigenvalue weighted by molar-refractivity contribution is -0.133. The lowest BCUT2D eigenvalue weighted by Gasteiger charge is -2.07. The number of aryl methyl sites for hydroxylation is 2. The van der Waals surface area contributed by atoms with E-state index in [2.05, 4.69) is 10.1 Å². The zero-order chi connectivity index (χ0) is 14.0. The fraction of sp³-hybridized carbons (Fsp3) is 0.273. The fourth-order valence-corrected chi connectivity index (χ4v) is 2.15. The second-order valence-electron chi connectivity index (χ2n) is 3.87. The van der Waals surface area contributed by atoms with Crippen molar-refractivity contribution in [2.45, 2.75) is 12.1 Å². The number of hydrogen-bond donors (Lipinski definition) is 1. The Morgan fingerprint density at radius 3 is 2.84 bits per heavy atom. The number of hydrogen-bond acceptors (Lipinski definition) is 5. The first-order chi connectivity index (χ1) is 8.97. The van der Waals surface area contributed by atoms with Gasteiger partial charge >= 0.3 is 5.97 Å². The van der Waals surface area contributed by atoms with Gasteiger partial charge in [-0.2, -0.15) is 10.1 Å². The topological polar surface area (TPSA) is 90.0 Å². The van der Waals surface area contributed by atoms with E-state index < -0.39 is 11.5 Å². The summed E-state index contributed by atoms with van der Waals surface area (Å²) >= 11 is 0.982. The molecule has 8 heteroatoms. The van der Waals surface area contributed by atoms with Crippen LogP contribution >= 0.6 is 11.8 Å². The Bertz CT molecular complexity index is 657. The van der Waals surface area contributed by atoms with Crippen LogP contribution in [-0.4, -0.2) is 36.2 Å². The van der Waals surface area contributed by atoms with Crippen LogP contribution in [0.25, 0.3) is 5.82 Å². The SMILES string of the molecule is Cc1cc(-n2ccc(=O)nc2SCC(=O)O)nn1C. The molecule has 2 rings (SSSR count). The van der Waals surface area contributed by atoms with Gasteiger partial charge in [-0.1, -0.05) is 11.8 Å². The summed E-state index contributed by atoms with van der Waals surface area (Å²) in [4.78, 5) is 25.7.